The predicted octanol–water partition coefficient (Wildman–Crippen LogP) is 2.86. The van der Waals surface area contributed by atoms with Crippen molar-refractivity contribution in [3.8, 4) is 0 Å². The maximum atomic E-state index is 12.8. The van der Waals surface area contributed by atoms with Crippen molar-refractivity contribution in [2.75, 3.05) is 29.1 Å². The number of anilines is 2. The van der Waals surface area contributed by atoms with Crippen molar-refractivity contribution in [1.82, 2.24) is 4.90 Å². The van der Waals surface area contributed by atoms with Crippen molar-refractivity contribution in [3.63, 3.8) is 0 Å². The number of hydrogen-bond donors (Lipinski definition) is 1. The Labute approximate surface area is 151 Å². The lowest BCUT2D eigenvalue weighted by Crippen LogP contribution is -2.40. The molecule has 0 unspecified atom stereocenters. The number of thioether (sulfide) groups is 1. The maximum absolute atomic E-state index is 12.8. The van der Waals surface area contributed by atoms with Gasteiger partial charge in [0.05, 0.1) is 17.1 Å². The van der Waals surface area contributed by atoms with E-state index in [0.717, 1.165) is 23.1 Å². The summed E-state index contributed by atoms with van der Waals surface area (Å²) in [5.74, 6) is 0.214. The van der Waals surface area contributed by atoms with E-state index in [1.54, 1.807) is 4.90 Å². The van der Waals surface area contributed by atoms with Crippen LogP contribution in [0.1, 0.15) is 26.2 Å². The van der Waals surface area contributed by atoms with E-state index < -0.39 is 0 Å². The third-order valence-electron chi connectivity index (χ3n) is 4.31. The zero-order valence-corrected chi connectivity index (χ0v) is 15.3. The molecule has 1 aromatic rings. The van der Waals surface area contributed by atoms with Crippen molar-refractivity contribution < 1.29 is 9.59 Å². The van der Waals surface area contributed by atoms with Gasteiger partial charge in [-0.3, -0.25) is 9.59 Å². The molecule has 0 saturated carbocycles. The fourth-order valence-electron chi connectivity index (χ4n) is 3.15. The Balaban J connectivity index is 1.72. The normalized spacial score (nSPS) is 20.4. The Kier molecular flexibility index (Phi) is 5.40. The molecule has 2 heterocycles. The molecule has 1 atom stereocenters. The van der Waals surface area contributed by atoms with E-state index in [0.29, 0.717) is 17.9 Å². The summed E-state index contributed by atoms with van der Waals surface area (Å²) in [5, 5.41) is 2.87. The van der Waals surface area contributed by atoms with Gasteiger partial charge in [-0.15, -0.1) is 0 Å². The van der Waals surface area contributed by atoms with E-state index in [9.17, 15) is 9.59 Å². The van der Waals surface area contributed by atoms with Crippen LogP contribution in [-0.4, -0.2) is 45.9 Å². The summed E-state index contributed by atoms with van der Waals surface area (Å²) < 4.78 is 0.797. The first kappa shape index (κ1) is 17.2. The van der Waals surface area contributed by atoms with Gasteiger partial charge < -0.3 is 15.1 Å². The quantitative estimate of drug-likeness (QED) is 0.819. The fraction of sp³-hybridized carbons (Fsp3) is 0.471. The number of carbonyl (C=O) groups is 2. The minimum Gasteiger partial charge on any atom is -0.358 e. The van der Waals surface area contributed by atoms with Crippen LogP contribution in [0.15, 0.2) is 24.3 Å². The first-order chi connectivity index (χ1) is 11.6. The number of nitrogens with one attached hydrogen (secondary N) is 1. The molecular weight excluding hydrogens is 342 g/mol. The van der Waals surface area contributed by atoms with Crippen LogP contribution in [0.2, 0.25) is 0 Å². The largest absolute Gasteiger partial charge is 0.358 e. The molecule has 7 heteroatoms. The second-order valence-electron chi connectivity index (χ2n) is 6.13. The number of fused-ring (bicyclic) bond motifs is 1. The van der Waals surface area contributed by atoms with Crippen LogP contribution in [0.5, 0.6) is 0 Å². The highest BCUT2D eigenvalue weighted by Crippen LogP contribution is 2.32. The Morgan fingerprint density at radius 2 is 2.04 bits per heavy atom. The average molecular weight is 364 g/mol. The minimum absolute atomic E-state index is 0.0157. The summed E-state index contributed by atoms with van der Waals surface area (Å²) in [4.78, 5) is 28.7. The number of nitrogens with zero attached hydrogens (tertiary/aromatic N) is 2. The first-order valence-corrected chi connectivity index (χ1v) is 9.58. The SMILES string of the molecule is C[C@H]1CC(=O)Nc2ccccc2N1C(=O)CSC(=S)N1CCCC1. The van der Waals surface area contributed by atoms with Gasteiger partial charge in [-0.05, 0) is 31.9 Å². The fourth-order valence-corrected chi connectivity index (χ4v) is 4.26. The molecule has 0 aliphatic carbocycles. The number of carbonyl (C=O) groups excluding carboxylic acids is 2. The molecule has 2 aliphatic rings. The molecule has 0 bridgehead atoms. The van der Waals surface area contributed by atoms with Gasteiger partial charge in [-0.2, -0.15) is 0 Å². The second kappa shape index (κ2) is 7.53. The van der Waals surface area contributed by atoms with Crippen LogP contribution in [-0.2, 0) is 9.59 Å². The highest BCUT2D eigenvalue weighted by Gasteiger charge is 2.29. The molecule has 2 aliphatic heterocycles. The summed E-state index contributed by atoms with van der Waals surface area (Å²) in [7, 11) is 0. The zero-order valence-electron chi connectivity index (χ0n) is 13.7. The number of rotatable bonds is 2. The second-order valence-corrected chi connectivity index (χ2v) is 7.74. The lowest BCUT2D eigenvalue weighted by Gasteiger charge is -2.28. The molecule has 0 spiro atoms. The average Bonchev–Trinajstić information content (AvgIpc) is 3.04. The van der Waals surface area contributed by atoms with Crippen molar-refractivity contribution in [1.29, 1.82) is 0 Å². The maximum Gasteiger partial charge on any atom is 0.237 e. The Morgan fingerprint density at radius 1 is 1.33 bits per heavy atom. The monoisotopic (exact) mass is 363 g/mol. The molecule has 5 nitrogen and oxygen atoms in total. The topological polar surface area (TPSA) is 52.7 Å². The summed E-state index contributed by atoms with van der Waals surface area (Å²) in [5.41, 5.74) is 1.45. The smallest absolute Gasteiger partial charge is 0.237 e. The highest BCUT2D eigenvalue weighted by molar-refractivity contribution is 8.23. The molecule has 128 valence electrons. The molecule has 1 fully saturated rings. The van der Waals surface area contributed by atoms with Crippen molar-refractivity contribution >= 4 is 51.5 Å². The molecular formula is C17H21N3O2S2. The molecule has 2 amide bonds. The number of likely N-dealkylation sites (tertiary alicyclic amines) is 1. The van der Waals surface area contributed by atoms with Crippen LogP contribution in [0.25, 0.3) is 0 Å². The summed E-state index contributed by atoms with van der Waals surface area (Å²) >= 11 is 6.86. The molecule has 1 saturated heterocycles. The van der Waals surface area contributed by atoms with Crippen LogP contribution in [0.3, 0.4) is 0 Å². The van der Waals surface area contributed by atoms with Gasteiger partial charge in [0.2, 0.25) is 11.8 Å². The number of para-hydroxylation sites is 2. The van der Waals surface area contributed by atoms with Crippen molar-refractivity contribution in [2.24, 2.45) is 0 Å². The molecule has 1 aromatic carbocycles. The molecule has 3 rings (SSSR count). The number of benzene rings is 1. The van der Waals surface area contributed by atoms with E-state index in [-0.39, 0.29) is 17.9 Å². The minimum atomic E-state index is -0.179. The molecule has 0 radical (unpaired) electrons. The lowest BCUT2D eigenvalue weighted by molar-refractivity contribution is -0.117. The van der Waals surface area contributed by atoms with Crippen LogP contribution in [0, 0.1) is 0 Å². The Bertz CT molecular complexity index is 659. The summed E-state index contributed by atoms with van der Waals surface area (Å²) in [6.07, 6.45) is 2.62. The Hall–Kier alpha value is -1.60. The first-order valence-electron chi connectivity index (χ1n) is 8.19. The summed E-state index contributed by atoms with van der Waals surface area (Å²) in [6, 6.07) is 7.26. The van der Waals surface area contributed by atoms with Crippen molar-refractivity contribution in [2.45, 2.75) is 32.2 Å². The summed E-state index contributed by atoms with van der Waals surface area (Å²) in [6.45, 7) is 3.88. The van der Waals surface area contributed by atoms with Gasteiger partial charge in [0.25, 0.3) is 0 Å². The van der Waals surface area contributed by atoms with Crippen molar-refractivity contribution in [3.05, 3.63) is 24.3 Å². The van der Waals surface area contributed by atoms with E-state index in [2.05, 4.69) is 10.2 Å². The standard InChI is InChI=1S/C17H21N3O2S2/c1-12-10-15(21)18-13-6-2-3-7-14(13)20(12)16(22)11-24-17(23)19-8-4-5-9-19/h2-3,6-7,12H,4-5,8-11H2,1H3,(H,18,21)/t12-/m0/s1. The van der Waals surface area contributed by atoms with Gasteiger partial charge in [-0.25, -0.2) is 0 Å². The highest BCUT2D eigenvalue weighted by atomic mass is 32.2. The third-order valence-corrected chi connectivity index (χ3v) is 5.82. The number of thiocarbonyl (C=S) groups is 1. The van der Waals surface area contributed by atoms with E-state index in [4.69, 9.17) is 12.2 Å². The van der Waals surface area contributed by atoms with Gasteiger partial charge in [0, 0.05) is 25.6 Å². The number of amides is 2. The van der Waals surface area contributed by atoms with Crippen LogP contribution in [0.4, 0.5) is 11.4 Å². The molecule has 24 heavy (non-hydrogen) atoms. The number of hydrogen-bond acceptors (Lipinski definition) is 4. The molecule has 0 aromatic heterocycles. The van der Waals surface area contributed by atoms with Crippen LogP contribution < -0.4 is 10.2 Å². The van der Waals surface area contributed by atoms with E-state index >= 15 is 0 Å². The molecule has 1 N–H and O–H groups in total. The Morgan fingerprint density at radius 3 is 2.79 bits per heavy atom. The van der Waals surface area contributed by atoms with Gasteiger partial charge in [0.15, 0.2) is 0 Å². The van der Waals surface area contributed by atoms with Gasteiger partial charge in [0.1, 0.15) is 4.32 Å². The third kappa shape index (κ3) is 3.72. The van der Waals surface area contributed by atoms with Gasteiger partial charge in [-0.1, -0.05) is 36.1 Å². The lowest BCUT2D eigenvalue weighted by atomic mass is 10.2. The van der Waals surface area contributed by atoms with Crippen LogP contribution >= 0.6 is 24.0 Å². The predicted molar refractivity (Wildman–Crippen MR) is 102 cm³/mol. The van der Waals surface area contributed by atoms with E-state index in [1.165, 1.54) is 24.6 Å². The zero-order chi connectivity index (χ0) is 17.1. The van der Waals surface area contributed by atoms with E-state index in [1.807, 2.05) is 31.2 Å². The van der Waals surface area contributed by atoms with Gasteiger partial charge >= 0.3 is 0 Å².